The molecule has 2 aromatic heterocycles. The van der Waals surface area contributed by atoms with Gasteiger partial charge in [-0.15, -0.1) is 0 Å². The van der Waals surface area contributed by atoms with Crippen LogP contribution in [0.15, 0.2) is 6.33 Å². The number of aromatic amines is 1. The third-order valence-electron chi connectivity index (χ3n) is 3.56. The van der Waals surface area contributed by atoms with Gasteiger partial charge < -0.3 is 20.4 Å². The van der Waals surface area contributed by atoms with Crippen LogP contribution in [0.25, 0.3) is 11.2 Å². The molecule has 0 atom stereocenters. The molecule has 1 aliphatic carbocycles. The first kappa shape index (κ1) is 13.1. The highest BCUT2D eigenvalue weighted by molar-refractivity contribution is 5.83. The van der Waals surface area contributed by atoms with Gasteiger partial charge in [-0.25, -0.2) is 4.98 Å². The first-order chi connectivity index (χ1) is 9.86. The van der Waals surface area contributed by atoms with Crippen LogP contribution in [0.5, 0.6) is 0 Å². The van der Waals surface area contributed by atoms with Gasteiger partial charge in [0.2, 0.25) is 5.95 Å². The smallest absolute Gasteiger partial charge is 0.226 e. The van der Waals surface area contributed by atoms with E-state index in [0.29, 0.717) is 24.3 Å². The summed E-state index contributed by atoms with van der Waals surface area (Å²) in [6.45, 7) is 1.42. The van der Waals surface area contributed by atoms with Crippen LogP contribution in [0.2, 0.25) is 0 Å². The van der Waals surface area contributed by atoms with Crippen molar-refractivity contribution in [3.05, 3.63) is 6.33 Å². The minimum absolute atomic E-state index is 0.447. The normalized spacial score (nSPS) is 15.8. The lowest BCUT2D eigenvalue weighted by molar-refractivity contribution is 0.0659. The van der Waals surface area contributed by atoms with E-state index < -0.39 is 0 Å². The second-order valence-electron chi connectivity index (χ2n) is 4.95. The molecule has 3 rings (SSSR count). The fourth-order valence-electron chi connectivity index (χ4n) is 2.52. The molecule has 3 N–H and O–H groups in total. The predicted octanol–water partition coefficient (Wildman–Crippen LogP) is 1.77. The topological polar surface area (TPSA) is 87.8 Å². The van der Waals surface area contributed by atoms with Crippen molar-refractivity contribution < 1.29 is 4.74 Å². The second-order valence-corrected chi connectivity index (χ2v) is 4.95. The number of nitrogens with one attached hydrogen (secondary N) is 3. The van der Waals surface area contributed by atoms with Crippen molar-refractivity contribution >= 4 is 22.9 Å². The fraction of sp³-hybridized carbons (Fsp3) is 0.615. The van der Waals surface area contributed by atoms with Crippen molar-refractivity contribution in [1.82, 2.24) is 19.9 Å². The van der Waals surface area contributed by atoms with E-state index >= 15 is 0 Å². The van der Waals surface area contributed by atoms with Crippen LogP contribution in [0.3, 0.4) is 0 Å². The molecular formula is C13H20N6O. The highest BCUT2D eigenvalue weighted by atomic mass is 16.5. The van der Waals surface area contributed by atoms with Gasteiger partial charge in [0.15, 0.2) is 11.5 Å². The zero-order valence-corrected chi connectivity index (χ0v) is 11.6. The number of fused-ring (bicyclic) bond motifs is 1. The Morgan fingerprint density at radius 2 is 2.20 bits per heavy atom. The number of anilines is 2. The summed E-state index contributed by atoms with van der Waals surface area (Å²) in [4.78, 5) is 15.9. The van der Waals surface area contributed by atoms with E-state index in [0.717, 1.165) is 17.9 Å². The number of rotatable bonds is 6. The SMILES string of the molecule is CNc1nc(NCCOC2CCCC2)c2[nH]cnc2n1. The highest BCUT2D eigenvalue weighted by Gasteiger charge is 2.15. The van der Waals surface area contributed by atoms with E-state index in [4.69, 9.17) is 4.74 Å². The molecule has 2 heterocycles. The number of aromatic nitrogens is 4. The Hall–Kier alpha value is -1.89. The van der Waals surface area contributed by atoms with Crippen LogP contribution < -0.4 is 10.6 Å². The van der Waals surface area contributed by atoms with Gasteiger partial charge in [0.25, 0.3) is 0 Å². The van der Waals surface area contributed by atoms with E-state index in [1.54, 1.807) is 13.4 Å². The zero-order chi connectivity index (χ0) is 13.8. The third-order valence-corrected chi connectivity index (χ3v) is 3.56. The lowest BCUT2D eigenvalue weighted by Crippen LogP contribution is -2.16. The van der Waals surface area contributed by atoms with Crippen LogP contribution in [-0.4, -0.2) is 46.2 Å². The van der Waals surface area contributed by atoms with Gasteiger partial charge in [-0.1, -0.05) is 12.8 Å². The van der Waals surface area contributed by atoms with Crippen molar-refractivity contribution in [3.8, 4) is 0 Å². The Morgan fingerprint density at radius 1 is 1.35 bits per heavy atom. The average Bonchev–Trinajstić information content (AvgIpc) is 3.13. The van der Waals surface area contributed by atoms with Gasteiger partial charge in [-0.3, -0.25) is 0 Å². The Morgan fingerprint density at radius 3 is 3.00 bits per heavy atom. The van der Waals surface area contributed by atoms with Gasteiger partial charge in [0.05, 0.1) is 19.0 Å². The van der Waals surface area contributed by atoms with Crippen molar-refractivity contribution in [2.45, 2.75) is 31.8 Å². The molecule has 2 aromatic rings. The molecule has 7 heteroatoms. The predicted molar refractivity (Wildman–Crippen MR) is 77.9 cm³/mol. The largest absolute Gasteiger partial charge is 0.376 e. The lowest BCUT2D eigenvalue weighted by Gasteiger charge is -2.12. The van der Waals surface area contributed by atoms with E-state index in [1.165, 1.54) is 25.7 Å². The van der Waals surface area contributed by atoms with Gasteiger partial charge in [-0.2, -0.15) is 9.97 Å². The molecule has 108 valence electrons. The van der Waals surface area contributed by atoms with Gasteiger partial charge in [-0.05, 0) is 12.8 Å². The van der Waals surface area contributed by atoms with Crippen LogP contribution in [0, 0.1) is 0 Å². The van der Waals surface area contributed by atoms with Gasteiger partial charge >= 0.3 is 0 Å². The van der Waals surface area contributed by atoms with E-state index in [2.05, 4.69) is 30.6 Å². The summed E-state index contributed by atoms with van der Waals surface area (Å²) < 4.78 is 5.83. The Balaban J connectivity index is 1.59. The third kappa shape index (κ3) is 2.82. The molecule has 20 heavy (non-hydrogen) atoms. The highest BCUT2D eigenvalue weighted by Crippen LogP contribution is 2.21. The van der Waals surface area contributed by atoms with Crippen LogP contribution in [0.1, 0.15) is 25.7 Å². The number of ether oxygens (including phenoxy) is 1. The molecule has 0 unspecified atom stereocenters. The number of nitrogens with zero attached hydrogens (tertiary/aromatic N) is 3. The number of H-pyrrole nitrogens is 1. The molecule has 0 radical (unpaired) electrons. The molecular weight excluding hydrogens is 256 g/mol. The zero-order valence-electron chi connectivity index (χ0n) is 11.6. The summed E-state index contributed by atoms with van der Waals surface area (Å²) in [6, 6.07) is 0. The molecule has 0 amide bonds. The summed E-state index contributed by atoms with van der Waals surface area (Å²) in [5.74, 6) is 1.32. The van der Waals surface area contributed by atoms with Crippen molar-refractivity contribution in [2.24, 2.45) is 0 Å². The van der Waals surface area contributed by atoms with Crippen molar-refractivity contribution in [2.75, 3.05) is 30.8 Å². The first-order valence-corrected chi connectivity index (χ1v) is 7.11. The molecule has 0 aliphatic heterocycles. The molecule has 1 saturated carbocycles. The van der Waals surface area contributed by atoms with Crippen LogP contribution in [-0.2, 0) is 4.74 Å². The standard InChI is InChI=1S/C13H20N6O/c1-14-13-18-11(10-12(19-13)17-8-16-10)15-6-7-20-9-4-2-3-5-9/h8-9H,2-7H2,1H3,(H3,14,15,16,17,18,19). The summed E-state index contributed by atoms with van der Waals surface area (Å²) in [7, 11) is 1.79. The average molecular weight is 276 g/mol. The molecule has 1 aliphatic rings. The van der Waals surface area contributed by atoms with E-state index in [-0.39, 0.29) is 0 Å². The Labute approximate surface area is 117 Å². The maximum Gasteiger partial charge on any atom is 0.226 e. The minimum Gasteiger partial charge on any atom is -0.376 e. The minimum atomic E-state index is 0.447. The van der Waals surface area contributed by atoms with E-state index in [9.17, 15) is 0 Å². The quantitative estimate of drug-likeness (QED) is 0.697. The van der Waals surface area contributed by atoms with Crippen molar-refractivity contribution in [3.63, 3.8) is 0 Å². The summed E-state index contributed by atoms with van der Waals surface area (Å²) in [6.07, 6.45) is 7.06. The molecule has 0 spiro atoms. The Kier molecular flexibility index (Phi) is 3.96. The van der Waals surface area contributed by atoms with Gasteiger partial charge in [0, 0.05) is 13.6 Å². The first-order valence-electron chi connectivity index (χ1n) is 7.11. The maximum absolute atomic E-state index is 5.83. The molecule has 0 aromatic carbocycles. The summed E-state index contributed by atoms with van der Waals surface area (Å²) >= 11 is 0. The lowest BCUT2D eigenvalue weighted by atomic mass is 10.3. The molecule has 7 nitrogen and oxygen atoms in total. The summed E-state index contributed by atoms with van der Waals surface area (Å²) in [5.41, 5.74) is 1.48. The molecule has 0 saturated heterocycles. The second kappa shape index (κ2) is 6.04. The van der Waals surface area contributed by atoms with E-state index in [1.807, 2.05) is 0 Å². The molecule has 1 fully saturated rings. The fourth-order valence-corrected chi connectivity index (χ4v) is 2.52. The monoisotopic (exact) mass is 276 g/mol. The molecule has 0 bridgehead atoms. The number of imidazole rings is 1. The van der Waals surface area contributed by atoms with Gasteiger partial charge in [0.1, 0.15) is 5.52 Å². The number of hydrogen-bond donors (Lipinski definition) is 3. The van der Waals surface area contributed by atoms with Crippen LogP contribution in [0.4, 0.5) is 11.8 Å². The van der Waals surface area contributed by atoms with Crippen LogP contribution >= 0.6 is 0 Å². The summed E-state index contributed by atoms with van der Waals surface area (Å²) in [5, 5.41) is 6.22. The van der Waals surface area contributed by atoms with Crippen molar-refractivity contribution in [1.29, 1.82) is 0 Å². The number of hydrogen-bond acceptors (Lipinski definition) is 6. The Bertz CT molecular complexity index is 563. The maximum atomic E-state index is 5.83.